The van der Waals surface area contributed by atoms with Gasteiger partial charge in [0.1, 0.15) is 19.0 Å². The third kappa shape index (κ3) is 3.53. The van der Waals surface area contributed by atoms with Crippen molar-refractivity contribution in [3.8, 4) is 17.2 Å². The maximum absolute atomic E-state index is 10.7. The van der Waals surface area contributed by atoms with Crippen LogP contribution in [0.2, 0.25) is 0 Å². The molecule has 2 N–H and O–H groups in total. The van der Waals surface area contributed by atoms with Gasteiger partial charge < -0.3 is 19.7 Å². The molecule has 5 heteroatoms. The first-order valence-corrected chi connectivity index (χ1v) is 4.57. The van der Waals surface area contributed by atoms with E-state index in [1.807, 2.05) is 0 Å². The summed E-state index contributed by atoms with van der Waals surface area (Å²) in [5, 5.41) is 18.2. The molecule has 16 heavy (non-hydrogen) atoms. The van der Waals surface area contributed by atoms with Gasteiger partial charge in [0.05, 0.1) is 0 Å². The monoisotopic (exact) mass is 224 g/mol. The molecular weight excluding hydrogens is 212 g/mol. The van der Waals surface area contributed by atoms with E-state index in [1.165, 1.54) is 18.2 Å². The zero-order valence-corrected chi connectivity index (χ0v) is 8.55. The Hall–Kier alpha value is -2.17. The van der Waals surface area contributed by atoms with Gasteiger partial charge in [-0.05, 0) is 12.1 Å². The van der Waals surface area contributed by atoms with Crippen LogP contribution in [0.25, 0.3) is 0 Å². The van der Waals surface area contributed by atoms with Crippen molar-refractivity contribution in [3.05, 3.63) is 30.9 Å². The van der Waals surface area contributed by atoms with E-state index in [-0.39, 0.29) is 24.7 Å². The van der Waals surface area contributed by atoms with Crippen molar-refractivity contribution in [1.29, 1.82) is 0 Å². The first kappa shape index (κ1) is 11.9. The van der Waals surface area contributed by atoms with Crippen molar-refractivity contribution in [2.45, 2.75) is 0 Å². The molecule has 0 aliphatic carbocycles. The second kappa shape index (κ2) is 5.65. The van der Waals surface area contributed by atoms with E-state index in [0.717, 1.165) is 6.08 Å². The minimum Gasteiger partial charge on any atom is -0.504 e. The Morgan fingerprint density at radius 1 is 1.31 bits per heavy atom. The summed E-state index contributed by atoms with van der Waals surface area (Å²) in [5.41, 5.74) is 0. The van der Waals surface area contributed by atoms with Gasteiger partial charge in [-0.15, -0.1) is 0 Å². The van der Waals surface area contributed by atoms with Crippen LogP contribution in [0.15, 0.2) is 30.9 Å². The molecule has 0 atom stereocenters. The molecule has 5 nitrogen and oxygen atoms in total. The summed E-state index contributed by atoms with van der Waals surface area (Å²) in [5.74, 6) is -0.617. The van der Waals surface area contributed by atoms with Crippen LogP contribution in [-0.2, 0) is 9.53 Å². The van der Waals surface area contributed by atoms with Crippen molar-refractivity contribution in [2.75, 3.05) is 13.2 Å². The molecule has 86 valence electrons. The van der Waals surface area contributed by atoms with E-state index in [4.69, 9.17) is 14.9 Å². The van der Waals surface area contributed by atoms with Gasteiger partial charge in [-0.1, -0.05) is 6.58 Å². The highest BCUT2D eigenvalue weighted by Gasteiger charge is 2.01. The number of ether oxygens (including phenoxy) is 2. The van der Waals surface area contributed by atoms with Gasteiger partial charge >= 0.3 is 5.97 Å². The number of esters is 1. The number of phenols is 2. The predicted molar refractivity (Wildman–Crippen MR) is 56.4 cm³/mol. The molecule has 0 fully saturated rings. The van der Waals surface area contributed by atoms with Gasteiger partial charge in [-0.3, -0.25) is 0 Å². The summed E-state index contributed by atoms with van der Waals surface area (Å²) in [7, 11) is 0. The number of benzene rings is 1. The van der Waals surface area contributed by atoms with Crippen LogP contribution >= 0.6 is 0 Å². The van der Waals surface area contributed by atoms with Crippen molar-refractivity contribution in [2.24, 2.45) is 0 Å². The van der Waals surface area contributed by atoms with E-state index in [0.29, 0.717) is 5.75 Å². The average molecular weight is 224 g/mol. The molecule has 0 radical (unpaired) electrons. The Morgan fingerprint density at radius 3 is 2.69 bits per heavy atom. The SMILES string of the molecule is C=CC(=O)OCCOc1ccc(O)c(O)c1. The molecule has 0 spiro atoms. The zero-order valence-electron chi connectivity index (χ0n) is 8.55. The Kier molecular flexibility index (Phi) is 4.20. The van der Waals surface area contributed by atoms with E-state index in [1.54, 1.807) is 0 Å². The lowest BCUT2D eigenvalue weighted by atomic mass is 10.3. The van der Waals surface area contributed by atoms with E-state index in [2.05, 4.69) is 11.3 Å². The topological polar surface area (TPSA) is 76.0 Å². The number of aromatic hydroxyl groups is 2. The fourth-order valence-electron chi connectivity index (χ4n) is 0.954. The van der Waals surface area contributed by atoms with E-state index < -0.39 is 5.97 Å². The molecule has 0 heterocycles. The Balaban J connectivity index is 2.35. The summed E-state index contributed by atoms with van der Waals surface area (Å²) >= 11 is 0. The first-order valence-electron chi connectivity index (χ1n) is 4.57. The van der Waals surface area contributed by atoms with Gasteiger partial charge in [-0.25, -0.2) is 4.79 Å². The second-order valence-electron chi connectivity index (χ2n) is 2.87. The van der Waals surface area contributed by atoms with Crippen LogP contribution in [0.3, 0.4) is 0 Å². The summed E-state index contributed by atoms with van der Waals surface area (Å²) < 4.78 is 9.83. The van der Waals surface area contributed by atoms with E-state index in [9.17, 15) is 4.79 Å². The second-order valence-corrected chi connectivity index (χ2v) is 2.87. The Labute approximate surface area is 92.5 Å². The quantitative estimate of drug-likeness (QED) is 0.340. The first-order chi connectivity index (χ1) is 7.63. The lowest BCUT2D eigenvalue weighted by Crippen LogP contribution is -2.10. The van der Waals surface area contributed by atoms with Crippen molar-refractivity contribution in [1.82, 2.24) is 0 Å². The number of phenolic OH excluding ortho intramolecular Hbond substituents is 2. The predicted octanol–water partition coefficient (Wildman–Crippen LogP) is 1.21. The fourth-order valence-corrected chi connectivity index (χ4v) is 0.954. The fraction of sp³-hybridized carbons (Fsp3) is 0.182. The smallest absolute Gasteiger partial charge is 0.330 e. The van der Waals surface area contributed by atoms with Crippen LogP contribution in [0, 0.1) is 0 Å². The molecule has 0 saturated carbocycles. The number of carbonyl (C=O) groups excluding carboxylic acids is 1. The Morgan fingerprint density at radius 2 is 2.06 bits per heavy atom. The van der Waals surface area contributed by atoms with Crippen LogP contribution in [0.5, 0.6) is 17.2 Å². The number of carbonyl (C=O) groups is 1. The molecule has 0 aliphatic heterocycles. The summed E-state index contributed by atoms with van der Waals surface area (Å²) in [6, 6.07) is 4.06. The summed E-state index contributed by atoms with van der Waals surface area (Å²) in [4.78, 5) is 10.7. The van der Waals surface area contributed by atoms with Crippen LogP contribution in [0.4, 0.5) is 0 Å². The minimum absolute atomic E-state index is 0.0898. The highest BCUT2D eigenvalue weighted by atomic mass is 16.6. The van der Waals surface area contributed by atoms with Gasteiger partial charge in [0, 0.05) is 12.1 Å². The molecule has 1 rings (SSSR count). The summed E-state index contributed by atoms with van der Waals surface area (Å²) in [6.07, 6.45) is 1.06. The van der Waals surface area contributed by atoms with Gasteiger partial charge in [0.2, 0.25) is 0 Å². The van der Waals surface area contributed by atoms with E-state index >= 15 is 0 Å². The standard InChI is InChI=1S/C11H12O5/c1-2-11(14)16-6-5-15-8-3-4-9(12)10(13)7-8/h2-4,7,12-13H,1,5-6H2. The van der Waals surface area contributed by atoms with Gasteiger partial charge in [0.25, 0.3) is 0 Å². The zero-order chi connectivity index (χ0) is 12.0. The molecule has 0 saturated heterocycles. The van der Waals surface area contributed by atoms with Gasteiger partial charge in [-0.2, -0.15) is 0 Å². The molecule has 1 aromatic carbocycles. The molecular formula is C11H12O5. The van der Waals surface area contributed by atoms with Crippen LogP contribution in [0.1, 0.15) is 0 Å². The third-order valence-corrected chi connectivity index (χ3v) is 1.71. The van der Waals surface area contributed by atoms with Crippen LogP contribution < -0.4 is 4.74 Å². The molecule has 0 amide bonds. The summed E-state index contributed by atoms with van der Waals surface area (Å²) in [6.45, 7) is 3.49. The number of rotatable bonds is 5. The normalized spacial score (nSPS) is 9.50. The maximum atomic E-state index is 10.7. The molecule has 0 aromatic heterocycles. The van der Waals surface area contributed by atoms with Gasteiger partial charge in [0.15, 0.2) is 11.5 Å². The average Bonchev–Trinajstić information content (AvgIpc) is 2.28. The maximum Gasteiger partial charge on any atom is 0.330 e. The highest BCUT2D eigenvalue weighted by molar-refractivity contribution is 5.81. The highest BCUT2D eigenvalue weighted by Crippen LogP contribution is 2.28. The Bertz CT molecular complexity index is 386. The minimum atomic E-state index is -0.517. The molecule has 0 aliphatic rings. The van der Waals surface area contributed by atoms with Crippen molar-refractivity contribution in [3.63, 3.8) is 0 Å². The third-order valence-electron chi connectivity index (χ3n) is 1.71. The lowest BCUT2D eigenvalue weighted by molar-refractivity contribution is -0.138. The molecule has 0 bridgehead atoms. The van der Waals surface area contributed by atoms with Crippen LogP contribution in [-0.4, -0.2) is 29.4 Å². The molecule has 1 aromatic rings. The lowest BCUT2D eigenvalue weighted by Gasteiger charge is -2.07. The number of hydrogen-bond acceptors (Lipinski definition) is 5. The van der Waals surface area contributed by atoms with Crippen molar-refractivity contribution < 1.29 is 24.5 Å². The van der Waals surface area contributed by atoms with Crippen molar-refractivity contribution >= 4 is 5.97 Å². The molecule has 0 unspecified atom stereocenters. The number of hydrogen-bond donors (Lipinski definition) is 2. The largest absolute Gasteiger partial charge is 0.504 e.